The SMILES string of the molecule is CCOC(=O)CNC(C)c1cnc(C(=O)Nc2cccc(-c3cccc(NC(=O)c4cnc(C(C)NCC(=O)OCC)cn4)c3C)c2C)cn1. The van der Waals surface area contributed by atoms with Crippen LogP contribution in [-0.2, 0) is 19.1 Å². The molecule has 14 nitrogen and oxygen atoms in total. The quantitative estimate of drug-likeness (QED) is 0.129. The third-order valence-electron chi connectivity index (χ3n) is 7.87. The molecule has 0 bridgehead atoms. The first kappa shape index (κ1) is 37.2. The first-order valence-electron chi connectivity index (χ1n) is 16.3. The monoisotopic (exact) mass is 682 g/mol. The van der Waals surface area contributed by atoms with Crippen molar-refractivity contribution in [2.24, 2.45) is 0 Å². The number of carbonyl (C=O) groups excluding carboxylic acids is 4. The van der Waals surface area contributed by atoms with E-state index in [0.717, 1.165) is 22.3 Å². The maximum absolute atomic E-state index is 13.1. The topological polar surface area (TPSA) is 186 Å². The number of aromatic nitrogens is 4. The molecule has 0 aliphatic rings. The number of amides is 2. The highest BCUT2D eigenvalue weighted by Crippen LogP contribution is 2.34. The molecule has 4 aromatic rings. The smallest absolute Gasteiger partial charge is 0.319 e. The molecular weight excluding hydrogens is 640 g/mol. The van der Waals surface area contributed by atoms with Gasteiger partial charge in [0.05, 0.1) is 62.5 Å². The highest BCUT2D eigenvalue weighted by molar-refractivity contribution is 6.05. The van der Waals surface area contributed by atoms with Gasteiger partial charge in [0.1, 0.15) is 11.4 Å². The lowest BCUT2D eigenvalue weighted by Gasteiger charge is -2.17. The number of esters is 2. The zero-order valence-corrected chi connectivity index (χ0v) is 29.0. The average molecular weight is 683 g/mol. The molecule has 2 atom stereocenters. The van der Waals surface area contributed by atoms with Gasteiger partial charge in [0.15, 0.2) is 0 Å². The fourth-order valence-electron chi connectivity index (χ4n) is 4.96. The Morgan fingerprint density at radius 3 is 1.36 bits per heavy atom. The molecule has 2 heterocycles. The number of rotatable bonds is 15. The molecule has 2 unspecified atom stereocenters. The van der Waals surface area contributed by atoms with E-state index in [9.17, 15) is 19.2 Å². The summed E-state index contributed by atoms with van der Waals surface area (Å²) in [5.74, 6) is -1.58. The summed E-state index contributed by atoms with van der Waals surface area (Å²) in [4.78, 5) is 66.8. The van der Waals surface area contributed by atoms with Crippen LogP contribution in [0.25, 0.3) is 11.1 Å². The van der Waals surface area contributed by atoms with E-state index < -0.39 is 11.8 Å². The molecule has 4 rings (SSSR count). The van der Waals surface area contributed by atoms with Gasteiger partial charge in [-0.05, 0) is 75.9 Å². The molecule has 2 aromatic carbocycles. The summed E-state index contributed by atoms with van der Waals surface area (Å²) in [6.07, 6.45) is 5.78. The molecule has 0 aliphatic heterocycles. The van der Waals surface area contributed by atoms with Gasteiger partial charge in [-0.3, -0.25) is 39.8 Å². The first-order chi connectivity index (χ1) is 24.0. The van der Waals surface area contributed by atoms with E-state index in [1.807, 2.05) is 52.0 Å². The predicted molar refractivity (Wildman–Crippen MR) is 187 cm³/mol. The van der Waals surface area contributed by atoms with Crippen LogP contribution < -0.4 is 21.3 Å². The highest BCUT2D eigenvalue weighted by atomic mass is 16.5. The molecule has 0 saturated carbocycles. The summed E-state index contributed by atoms with van der Waals surface area (Å²) < 4.78 is 9.86. The molecule has 2 amide bonds. The zero-order chi connectivity index (χ0) is 36.2. The van der Waals surface area contributed by atoms with E-state index in [2.05, 4.69) is 41.2 Å². The van der Waals surface area contributed by atoms with E-state index in [-0.39, 0.29) is 48.5 Å². The minimum Gasteiger partial charge on any atom is -0.465 e. The molecule has 0 radical (unpaired) electrons. The largest absolute Gasteiger partial charge is 0.465 e. The van der Waals surface area contributed by atoms with Crippen molar-refractivity contribution >= 4 is 35.1 Å². The van der Waals surface area contributed by atoms with Crippen LogP contribution in [0.1, 0.15) is 83.3 Å². The lowest BCUT2D eigenvalue weighted by atomic mass is 9.94. The Bertz CT molecular complexity index is 1680. The maximum Gasteiger partial charge on any atom is 0.319 e. The number of nitrogens with zero attached hydrogens (tertiary/aromatic N) is 4. The third kappa shape index (κ3) is 9.74. The van der Waals surface area contributed by atoms with Gasteiger partial charge in [-0.15, -0.1) is 0 Å². The van der Waals surface area contributed by atoms with Crippen LogP contribution in [0, 0.1) is 13.8 Å². The Balaban J connectivity index is 1.42. The number of hydrogen-bond acceptors (Lipinski definition) is 12. The fourth-order valence-corrected chi connectivity index (χ4v) is 4.96. The molecule has 0 fully saturated rings. The number of hydrogen-bond donors (Lipinski definition) is 4. The van der Waals surface area contributed by atoms with Gasteiger partial charge in [0.25, 0.3) is 11.8 Å². The van der Waals surface area contributed by atoms with Crippen molar-refractivity contribution in [2.45, 2.75) is 53.6 Å². The summed E-state index contributed by atoms with van der Waals surface area (Å²) in [5.41, 5.74) is 5.99. The van der Waals surface area contributed by atoms with Gasteiger partial charge in [-0.2, -0.15) is 0 Å². The Morgan fingerprint density at radius 1 is 0.620 bits per heavy atom. The number of anilines is 2. The van der Waals surface area contributed by atoms with Crippen molar-refractivity contribution in [3.63, 3.8) is 0 Å². The van der Waals surface area contributed by atoms with Crippen molar-refractivity contribution in [3.8, 4) is 11.1 Å². The highest BCUT2D eigenvalue weighted by Gasteiger charge is 2.18. The predicted octanol–water partition coefficient (Wildman–Crippen LogP) is 4.48. The summed E-state index contributed by atoms with van der Waals surface area (Å²) in [7, 11) is 0. The van der Waals surface area contributed by atoms with Gasteiger partial charge in [-0.25, -0.2) is 9.97 Å². The van der Waals surface area contributed by atoms with Gasteiger partial charge in [0, 0.05) is 23.5 Å². The standard InChI is InChI=1S/C36H42N8O6/c1-7-49-33(45)19-37-23(5)29-15-41-31(17-39-29)35(47)43-27-13-9-11-25(21(27)3)26-12-10-14-28(22(26)4)44-36(48)32-18-40-30(16-42-32)24(6)38-20-34(46)50-8-2/h9-18,23-24,37-38H,7-8,19-20H2,1-6H3,(H,43,47)(H,44,48). The second-order valence-corrected chi connectivity index (χ2v) is 11.3. The Kier molecular flexibility index (Phi) is 13.2. The van der Waals surface area contributed by atoms with Gasteiger partial charge < -0.3 is 20.1 Å². The van der Waals surface area contributed by atoms with Gasteiger partial charge >= 0.3 is 11.9 Å². The van der Waals surface area contributed by atoms with Crippen molar-refractivity contribution in [3.05, 3.63) is 95.1 Å². The number of nitrogens with one attached hydrogen (secondary N) is 4. The fraction of sp³-hybridized carbons (Fsp3) is 0.333. The summed E-state index contributed by atoms with van der Waals surface area (Å²) in [6, 6.07) is 10.6. The van der Waals surface area contributed by atoms with Crippen LogP contribution in [0.2, 0.25) is 0 Å². The van der Waals surface area contributed by atoms with E-state index in [1.54, 1.807) is 26.0 Å². The van der Waals surface area contributed by atoms with E-state index >= 15 is 0 Å². The van der Waals surface area contributed by atoms with Crippen molar-refractivity contribution in [1.82, 2.24) is 30.6 Å². The Morgan fingerprint density at radius 2 is 1.02 bits per heavy atom. The molecule has 0 aliphatic carbocycles. The number of ether oxygens (including phenoxy) is 2. The van der Waals surface area contributed by atoms with Crippen molar-refractivity contribution in [1.29, 1.82) is 0 Å². The molecule has 2 aromatic heterocycles. The molecule has 14 heteroatoms. The van der Waals surface area contributed by atoms with Crippen molar-refractivity contribution in [2.75, 3.05) is 36.9 Å². The average Bonchev–Trinajstić information content (AvgIpc) is 3.12. The molecule has 0 saturated heterocycles. The van der Waals surface area contributed by atoms with E-state index in [1.165, 1.54) is 24.8 Å². The van der Waals surface area contributed by atoms with Crippen LogP contribution in [0.5, 0.6) is 0 Å². The second kappa shape index (κ2) is 17.7. The molecule has 262 valence electrons. The van der Waals surface area contributed by atoms with Crippen molar-refractivity contribution < 1.29 is 28.7 Å². The summed E-state index contributed by atoms with van der Waals surface area (Å²) >= 11 is 0. The molecular formula is C36H42N8O6. The van der Waals surface area contributed by atoms with E-state index in [4.69, 9.17) is 9.47 Å². The Labute approximate surface area is 290 Å². The lowest BCUT2D eigenvalue weighted by molar-refractivity contribution is -0.143. The maximum atomic E-state index is 13.1. The summed E-state index contributed by atoms with van der Waals surface area (Å²) in [5, 5.41) is 11.9. The van der Waals surface area contributed by atoms with E-state index in [0.29, 0.717) is 36.0 Å². The number of carbonyl (C=O) groups is 4. The second-order valence-electron chi connectivity index (χ2n) is 11.3. The zero-order valence-electron chi connectivity index (χ0n) is 29.0. The number of benzene rings is 2. The molecule has 0 spiro atoms. The minimum absolute atomic E-state index is 0.0329. The van der Waals surface area contributed by atoms with Crippen LogP contribution >= 0.6 is 0 Å². The molecule has 50 heavy (non-hydrogen) atoms. The van der Waals surface area contributed by atoms with Crippen LogP contribution in [0.3, 0.4) is 0 Å². The first-order valence-corrected chi connectivity index (χ1v) is 16.3. The van der Waals surface area contributed by atoms with Gasteiger partial charge in [-0.1, -0.05) is 24.3 Å². The lowest BCUT2D eigenvalue weighted by Crippen LogP contribution is -2.28. The third-order valence-corrected chi connectivity index (χ3v) is 7.87. The summed E-state index contributed by atoms with van der Waals surface area (Å²) in [6.45, 7) is 11.6. The van der Waals surface area contributed by atoms with Gasteiger partial charge in [0.2, 0.25) is 0 Å². The normalized spacial score (nSPS) is 12.0. The van der Waals surface area contributed by atoms with Crippen LogP contribution in [-0.4, -0.2) is 70.0 Å². The Hall–Kier alpha value is -5.60. The molecule has 4 N–H and O–H groups in total. The van der Waals surface area contributed by atoms with Crippen LogP contribution in [0.15, 0.2) is 61.2 Å². The minimum atomic E-state index is -0.425. The van der Waals surface area contributed by atoms with Crippen LogP contribution in [0.4, 0.5) is 11.4 Å².